The Bertz CT molecular complexity index is 439. The second-order valence-electron chi connectivity index (χ2n) is 7.12. The van der Waals surface area contributed by atoms with Crippen LogP contribution in [0, 0.1) is 0 Å². The number of rotatable bonds is 8. The Morgan fingerprint density at radius 1 is 0.864 bits per heavy atom. The van der Waals surface area contributed by atoms with Gasteiger partial charge in [0.1, 0.15) is 0 Å². The summed E-state index contributed by atoms with van der Waals surface area (Å²) < 4.78 is 19.8. The molecule has 0 aliphatic carbocycles. The van der Waals surface area contributed by atoms with Gasteiger partial charge in [0, 0.05) is 5.19 Å². The summed E-state index contributed by atoms with van der Waals surface area (Å²) in [6.45, 7) is 17.8. The number of hydrogen-bond acceptors (Lipinski definition) is 3. The molecule has 0 bridgehead atoms. The molecule has 0 saturated heterocycles. The summed E-state index contributed by atoms with van der Waals surface area (Å²) in [7, 11) is -7.26. The molecule has 1 aromatic rings. The number of hydrogen-bond donors (Lipinski definition) is 0. The Balaban J connectivity index is 3.32. The second kappa shape index (κ2) is 8.18. The zero-order valence-corrected chi connectivity index (χ0v) is 19.7. The molecule has 0 unspecified atom stereocenters. The normalized spacial score (nSPS) is 13.4. The first kappa shape index (κ1) is 20.0. The molecule has 22 heavy (non-hydrogen) atoms. The monoisotopic (exact) mass is 372 g/mol. The van der Waals surface area contributed by atoms with E-state index < -0.39 is 35.2 Å². The van der Waals surface area contributed by atoms with Crippen LogP contribution in [0.4, 0.5) is 0 Å². The van der Waals surface area contributed by atoms with E-state index in [9.17, 15) is 0 Å². The van der Waals surface area contributed by atoms with Crippen LogP contribution < -0.4 is 5.19 Å². The summed E-state index contributed by atoms with van der Waals surface area (Å²) in [6, 6.07) is 10.4. The van der Waals surface area contributed by atoms with Gasteiger partial charge in [-0.1, -0.05) is 44.2 Å². The fraction of sp³-hybridized carbons (Fsp3) is 0.600. The van der Waals surface area contributed by atoms with Crippen LogP contribution in [-0.2, 0) is 12.3 Å². The van der Waals surface area contributed by atoms with Crippen molar-refractivity contribution in [3.63, 3.8) is 0 Å². The lowest BCUT2D eigenvalue weighted by Crippen LogP contribution is -2.64. The average molecular weight is 373 g/mol. The van der Waals surface area contributed by atoms with E-state index in [0.717, 1.165) is 5.19 Å². The highest BCUT2D eigenvalue weighted by atomic mass is 28.5. The first-order valence-electron chi connectivity index (χ1n) is 8.20. The maximum Gasteiger partial charge on any atom is 0.505 e. The second-order valence-corrected chi connectivity index (χ2v) is 20.1. The van der Waals surface area contributed by atoms with Crippen LogP contribution in [0.1, 0.15) is 13.8 Å². The Morgan fingerprint density at radius 2 is 1.32 bits per heavy atom. The van der Waals surface area contributed by atoms with Crippen molar-refractivity contribution in [2.75, 3.05) is 0 Å². The van der Waals surface area contributed by atoms with Crippen LogP contribution in [0.25, 0.3) is 0 Å². The van der Waals surface area contributed by atoms with Gasteiger partial charge in [-0.3, -0.25) is 0 Å². The highest BCUT2D eigenvalue weighted by molar-refractivity contribution is 6.92. The molecule has 0 fully saturated rings. The minimum Gasteiger partial charge on any atom is -0.416 e. The Labute approximate surface area is 142 Å². The van der Waals surface area contributed by atoms with Crippen LogP contribution in [0.2, 0.25) is 44.8 Å². The van der Waals surface area contributed by atoms with Gasteiger partial charge < -0.3 is 12.3 Å². The summed E-state index contributed by atoms with van der Waals surface area (Å²) in [5, 5.41) is 1.12. The highest BCUT2D eigenvalue weighted by Gasteiger charge is 2.49. The average Bonchev–Trinajstić information content (AvgIpc) is 2.37. The summed E-state index contributed by atoms with van der Waals surface area (Å²) >= 11 is 0. The Hall–Kier alpha value is -0.0325. The van der Waals surface area contributed by atoms with Gasteiger partial charge in [-0.25, -0.2) is 0 Å². The van der Waals surface area contributed by atoms with Crippen molar-refractivity contribution in [3.8, 4) is 0 Å². The zero-order chi connectivity index (χ0) is 17.0. The van der Waals surface area contributed by atoms with E-state index >= 15 is 0 Å². The van der Waals surface area contributed by atoms with E-state index in [1.54, 1.807) is 0 Å². The third-order valence-corrected chi connectivity index (χ3v) is 17.0. The van der Waals surface area contributed by atoms with Gasteiger partial charge in [-0.05, 0) is 44.8 Å². The standard InChI is InChI=1S/C15H32O3Si4/c1-14(2)21(7,8)18-22(16-19(3)4,17-20(5)6)15-12-10-9-11-13-15/h9-14,19-20H,1-8H3. The SMILES string of the molecule is CC(C)[Si](C)(C)O[Si](O[SiH](C)C)(O[SiH](C)C)c1ccccc1. The van der Waals surface area contributed by atoms with Crippen molar-refractivity contribution >= 4 is 40.4 Å². The van der Waals surface area contributed by atoms with Gasteiger partial charge in [-0.2, -0.15) is 0 Å². The summed E-state index contributed by atoms with van der Waals surface area (Å²) in [5.74, 6) is 0. The molecule has 126 valence electrons. The van der Waals surface area contributed by atoms with E-state index in [4.69, 9.17) is 12.3 Å². The van der Waals surface area contributed by atoms with Gasteiger partial charge in [0.2, 0.25) is 0 Å². The summed E-state index contributed by atoms with van der Waals surface area (Å²) in [4.78, 5) is 0. The molecule has 7 heteroatoms. The molecule has 0 aliphatic rings. The lowest BCUT2D eigenvalue weighted by atomic mass is 10.4. The van der Waals surface area contributed by atoms with Crippen molar-refractivity contribution in [3.05, 3.63) is 30.3 Å². The minimum atomic E-state index is -2.81. The van der Waals surface area contributed by atoms with Crippen LogP contribution >= 0.6 is 0 Å². The molecule has 0 aromatic heterocycles. The van der Waals surface area contributed by atoms with E-state index in [-0.39, 0.29) is 0 Å². The molecule has 0 atom stereocenters. The molecule has 1 rings (SSSR count). The van der Waals surface area contributed by atoms with Crippen molar-refractivity contribution < 1.29 is 12.3 Å². The lowest BCUT2D eigenvalue weighted by molar-refractivity contribution is 0.280. The molecule has 0 aliphatic heterocycles. The quantitative estimate of drug-likeness (QED) is 0.654. The number of benzene rings is 1. The van der Waals surface area contributed by atoms with Crippen LogP contribution in [0.15, 0.2) is 30.3 Å². The van der Waals surface area contributed by atoms with Crippen molar-refractivity contribution in [1.82, 2.24) is 0 Å². The van der Waals surface area contributed by atoms with Gasteiger partial charge in [0.05, 0.1) is 0 Å². The highest BCUT2D eigenvalue weighted by Crippen LogP contribution is 2.27. The van der Waals surface area contributed by atoms with E-state index in [1.165, 1.54) is 0 Å². The maximum absolute atomic E-state index is 6.80. The lowest BCUT2D eigenvalue weighted by Gasteiger charge is -2.41. The smallest absolute Gasteiger partial charge is 0.416 e. The fourth-order valence-corrected chi connectivity index (χ4v) is 14.8. The Kier molecular flexibility index (Phi) is 7.44. The molecule has 3 nitrogen and oxygen atoms in total. The third kappa shape index (κ3) is 5.55. The van der Waals surface area contributed by atoms with Crippen molar-refractivity contribution in [2.45, 2.75) is 58.7 Å². The zero-order valence-electron chi connectivity index (χ0n) is 15.3. The summed E-state index contributed by atoms with van der Waals surface area (Å²) in [5.41, 5.74) is 0.526. The predicted molar refractivity (Wildman–Crippen MR) is 105 cm³/mol. The van der Waals surface area contributed by atoms with Crippen LogP contribution in [0.3, 0.4) is 0 Å². The molecule has 0 spiro atoms. The van der Waals surface area contributed by atoms with E-state index in [1.807, 2.05) is 6.07 Å². The van der Waals surface area contributed by atoms with Gasteiger partial charge in [-0.15, -0.1) is 0 Å². The fourth-order valence-electron chi connectivity index (χ4n) is 2.00. The first-order chi connectivity index (χ1) is 10.1. The minimum absolute atomic E-state index is 0.526. The molecule has 0 heterocycles. The van der Waals surface area contributed by atoms with Gasteiger partial charge >= 0.3 is 8.80 Å². The van der Waals surface area contributed by atoms with Crippen molar-refractivity contribution in [2.24, 2.45) is 0 Å². The topological polar surface area (TPSA) is 27.7 Å². The van der Waals surface area contributed by atoms with Crippen molar-refractivity contribution in [1.29, 1.82) is 0 Å². The van der Waals surface area contributed by atoms with E-state index in [2.05, 4.69) is 77.4 Å². The van der Waals surface area contributed by atoms with E-state index in [0.29, 0.717) is 5.54 Å². The molecule has 0 N–H and O–H groups in total. The van der Waals surface area contributed by atoms with Crippen LogP contribution in [0.5, 0.6) is 0 Å². The molecule has 0 radical (unpaired) electrons. The molecular formula is C15H32O3Si4. The van der Waals surface area contributed by atoms with Gasteiger partial charge in [0.25, 0.3) is 0 Å². The largest absolute Gasteiger partial charge is 0.505 e. The maximum atomic E-state index is 6.80. The van der Waals surface area contributed by atoms with Crippen LogP contribution in [-0.4, -0.2) is 35.2 Å². The molecule has 0 saturated carbocycles. The summed E-state index contributed by atoms with van der Waals surface area (Å²) in [6.07, 6.45) is 0. The predicted octanol–water partition coefficient (Wildman–Crippen LogP) is 3.46. The van der Waals surface area contributed by atoms with Gasteiger partial charge in [0.15, 0.2) is 26.4 Å². The molecular weight excluding hydrogens is 341 g/mol. The first-order valence-corrected chi connectivity index (χ1v) is 18.5. The Morgan fingerprint density at radius 3 is 1.68 bits per heavy atom. The third-order valence-electron chi connectivity index (χ3n) is 3.70. The molecule has 0 amide bonds. The molecule has 1 aromatic carbocycles.